The Morgan fingerprint density at radius 3 is 2.47 bits per heavy atom. The lowest BCUT2D eigenvalue weighted by atomic mass is 9.89. The number of aromatic amines is 1. The molecule has 7 nitrogen and oxygen atoms in total. The van der Waals surface area contributed by atoms with Gasteiger partial charge in [-0.25, -0.2) is 0 Å². The van der Waals surface area contributed by atoms with Gasteiger partial charge in [0.1, 0.15) is 0 Å². The summed E-state index contributed by atoms with van der Waals surface area (Å²) in [7, 11) is 4.30. The van der Waals surface area contributed by atoms with Crippen LogP contribution in [0.3, 0.4) is 0 Å². The number of nitrogens with zero attached hydrogens (tertiary/aromatic N) is 3. The lowest BCUT2D eigenvalue weighted by Gasteiger charge is -2.40. The quantitative estimate of drug-likeness (QED) is 0.407. The Morgan fingerprint density at radius 1 is 1.13 bits per heavy atom. The SMILES string of the molecule is CCN(c1cc(Cl)cc(C(=O)NCc2c(-c3cccnc3)[nH]c(C)cc2=O)c1C)[C@H]1CC[C@H](N(C)C)CC1. The minimum Gasteiger partial charge on any atom is -0.369 e. The molecule has 8 heteroatoms. The van der Waals surface area contributed by atoms with Crippen LogP contribution in [0.4, 0.5) is 5.69 Å². The number of halogens is 1. The van der Waals surface area contributed by atoms with E-state index in [4.69, 9.17) is 11.6 Å². The predicted octanol–water partition coefficient (Wildman–Crippen LogP) is 5.34. The van der Waals surface area contributed by atoms with Crippen molar-refractivity contribution in [1.29, 1.82) is 0 Å². The number of H-pyrrole nitrogens is 1. The molecule has 1 amide bonds. The molecule has 1 fully saturated rings. The summed E-state index contributed by atoms with van der Waals surface area (Å²) in [4.78, 5) is 38.5. The average molecular weight is 536 g/mol. The summed E-state index contributed by atoms with van der Waals surface area (Å²) in [5.41, 5.74) is 4.99. The first-order valence-electron chi connectivity index (χ1n) is 13.3. The number of benzene rings is 1. The zero-order valence-corrected chi connectivity index (χ0v) is 23.7. The van der Waals surface area contributed by atoms with E-state index in [1.165, 1.54) is 0 Å². The van der Waals surface area contributed by atoms with Gasteiger partial charge >= 0.3 is 0 Å². The standard InChI is InChI=1S/C30H38ClN5O2/c1-6-36(24-11-9-23(10-12-24)35(4)5)27-16-22(31)15-25(20(27)3)30(38)33-18-26-28(37)14-19(2)34-29(26)21-8-7-13-32-17-21/h7-8,13-17,23-24H,6,9-12,18H2,1-5H3,(H,33,38)(H,34,37)/t23-,24-. The van der Waals surface area contributed by atoms with Crippen LogP contribution in [0.15, 0.2) is 47.5 Å². The van der Waals surface area contributed by atoms with Crippen LogP contribution < -0.4 is 15.6 Å². The molecule has 2 N–H and O–H groups in total. The van der Waals surface area contributed by atoms with Crippen molar-refractivity contribution >= 4 is 23.2 Å². The summed E-state index contributed by atoms with van der Waals surface area (Å²) in [6.07, 6.45) is 7.92. The smallest absolute Gasteiger partial charge is 0.251 e. The molecule has 0 atom stereocenters. The molecule has 2 aromatic heterocycles. The highest BCUT2D eigenvalue weighted by atomic mass is 35.5. The number of pyridine rings is 2. The number of nitrogens with one attached hydrogen (secondary N) is 2. The summed E-state index contributed by atoms with van der Waals surface area (Å²) in [5.74, 6) is -0.254. The first-order chi connectivity index (χ1) is 18.2. The molecule has 0 aliphatic heterocycles. The number of hydrogen-bond donors (Lipinski definition) is 2. The van der Waals surface area contributed by atoms with Crippen molar-refractivity contribution in [1.82, 2.24) is 20.2 Å². The van der Waals surface area contributed by atoms with Crippen molar-refractivity contribution < 1.29 is 4.79 Å². The Bertz CT molecular complexity index is 1330. The molecule has 202 valence electrons. The summed E-state index contributed by atoms with van der Waals surface area (Å²) < 4.78 is 0. The van der Waals surface area contributed by atoms with Gasteiger partial charge in [-0.1, -0.05) is 11.6 Å². The second-order valence-electron chi connectivity index (χ2n) is 10.4. The van der Waals surface area contributed by atoms with Gasteiger partial charge in [0.25, 0.3) is 5.91 Å². The van der Waals surface area contributed by atoms with E-state index < -0.39 is 0 Å². The predicted molar refractivity (Wildman–Crippen MR) is 155 cm³/mol. The van der Waals surface area contributed by atoms with Gasteiger partial charge in [-0.3, -0.25) is 14.6 Å². The van der Waals surface area contributed by atoms with Gasteiger partial charge in [-0.15, -0.1) is 0 Å². The largest absolute Gasteiger partial charge is 0.369 e. The molecule has 38 heavy (non-hydrogen) atoms. The second kappa shape index (κ2) is 12.1. The maximum Gasteiger partial charge on any atom is 0.251 e. The highest BCUT2D eigenvalue weighted by Gasteiger charge is 2.28. The first kappa shape index (κ1) is 27.9. The number of rotatable bonds is 8. The Balaban J connectivity index is 1.58. The number of carbonyl (C=O) groups is 1. The molecular formula is C30H38ClN5O2. The summed E-state index contributed by atoms with van der Waals surface area (Å²) in [6.45, 7) is 6.90. The Labute approximate surface area is 230 Å². The summed E-state index contributed by atoms with van der Waals surface area (Å²) in [5, 5.41) is 3.50. The molecular weight excluding hydrogens is 498 g/mol. The molecule has 0 spiro atoms. The van der Waals surface area contributed by atoms with Crippen molar-refractivity contribution in [3.8, 4) is 11.3 Å². The van der Waals surface area contributed by atoms with E-state index in [1.807, 2.05) is 32.0 Å². The average Bonchev–Trinajstić information content (AvgIpc) is 2.90. The van der Waals surface area contributed by atoms with E-state index in [-0.39, 0.29) is 17.9 Å². The monoisotopic (exact) mass is 535 g/mol. The molecule has 1 aliphatic carbocycles. The molecule has 0 unspecified atom stereocenters. The highest BCUT2D eigenvalue weighted by molar-refractivity contribution is 6.31. The molecule has 1 aromatic carbocycles. The summed E-state index contributed by atoms with van der Waals surface area (Å²) in [6, 6.07) is 9.98. The zero-order valence-electron chi connectivity index (χ0n) is 23.0. The van der Waals surface area contributed by atoms with Crippen LogP contribution in [-0.4, -0.2) is 53.5 Å². The third-order valence-corrected chi connectivity index (χ3v) is 7.94. The van der Waals surface area contributed by atoms with E-state index >= 15 is 0 Å². The topological polar surface area (TPSA) is 81.3 Å². The maximum absolute atomic E-state index is 13.5. The molecule has 2 heterocycles. The maximum atomic E-state index is 13.5. The minimum absolute atomic E-state index is 0.0893. The van der Waals surface area contributed by atoms with Crippen LogP contribution in [0.1, 0.15) is 59.8 Å². The van der Waals surface area contributed by atoms with E-state index in [9.17, 15) is 9.59 Å². The highest BCUT2D eigenvalue weighted by Crippen LogP contribution is 2.34. The van der Waals surface area contributed by atoms with E-state index in [2.05, 4.69) is 46.1 Å². The van der Waals surface area contributed by atoms with E-state index in [1.54, 1.807) is 24.5 Å². The number of hydrogen-bond acceptors (Lipinski definition) is 5. The lowest BCUT2D eigenvalue weighted by Crippen LogP contribution is -2.42. The van der Waals surface area contributed by atoms with E-state index in [0.717, 1.165) is 54.7 Å². The summed E-state index contributed by atoms with van der Waals surface area (Å²) >= 11 is 6.56. The van der Waals surface area contributed by atoms with Crippen molar-refractivity contribution in [2.45, 2.75) is 65.1 Å². The van der Waals surface area contributed by atoms with Gasteiger partial charge in [0.15, 0.2) is 5.43 Å². The zero-order chi connectivity index (χ0) is 27.4. The van der Waals surface area contributed by atoms with E-state index in [0.29, 0.717) is 33.9 Å². The van der Waals surface area contributed by atoms with Gasteiger partial charge < -0.3 is 20.1 Å². The van der Waals surface area contributed by atoms with Crippen molar-refractivity contribution in [2.75, 3.05) is 25.5 Å². The Hall–Kier alpha value is -3.16. The normalized spacial score (nSPS) is 17.4. The second-order valence-corrected chi connectivity index (χ2v) is 10.8. The fraction of sp³-hybridized carbons (Fsp3) is 0.433. The van der Waals surface area contributed by atoms with Gasteiger partial charge in [-0.2, -0.15) is 0 Å². The molecule has 4 rings (SSSR count). The molecule has 0 saturated heterocycles. The van der Waals surface area contributed by atoms with Crippen LogP contribution in [0, 0.1) is 13.8 Å². The Morgan fingerprint density at radius 2 is 1.84 bits per heavy atom. The minimum atomic E-state index is -0.254. The number of anilines is 1. The van der Waals surface area contributed by atoms with Gasteiger partial charge in [0.2, 0.25) is 0 Å². The fourth-order valence-corrected chi connectivity index (χ4v) is 5.83. The van der Waals surface area contributed by atoms with Crippen LogP contribution in [0.2, 0.25) is 5.02 Å². The number of aryl methyl sites for hydroxylation is 1. The molecule has 1 aliphatic rings. The third-order valence-electron chi connectivity index (χ3n) is 7.72. The number of amides is 1. The van der Waals surface area contributed by atoms with Gasteiger partial charge in [0, 0.05) is 76.7 Å². The van der Waals surface area contributed by atoms with Gasteiger partial charge in [0.05, 0.1) is 5.69 Å². The third kappa shape index (κ3) is 6.11. The fourth-order valence-electron chi connectivity index (χ4n) is 5.62. The van der Waals surface area contributed by atoms with Crippen LogP contribution in [0.25, 0.3) is 11.3 Å². The number of carbonyl (C=O) groups excluding carboxylic acids is 1. The molecule has 1 saturated carbocycles. The van der Waals surface area contributed by atoms with Crippen LogP contribution in [0.5, 0.6) is 0 Å². The van der Waals surface area contributed by atoms with Crippen molar-refractivity contribution in [3.63, 3.8) is 0 Å². The molecule has 0 bridgehead atoms. The molecule has 3 aromatic rings. The lowest BCUT2D eigenvalue weighted by molar-refractivity contribution is 0.0950. The number of aromatic nitrogens is 2. The van der Waals surface area contributed by atoms with Crippen LogP contribution in [-0.2, 0) is 6.54 Å². The first-order valence-corrected chi connectivity index (χ1v) is 13.7. The Kier molecular flexibility index (Phi) is 8.90. The van der Waals surface area contributed by atoms with Crippen LogP contribution >= 0.6 is 11.6 Å². The van der Waals surface area contributed by atoms with Crippen molar-refractivity contribution in [3.05, 3.63) is 80.4 Å². The van der Waals surface area contributed by atoms with Crippen molar-refractivity contribution in [2.24, 2.45) is 0 Å². The van der Waals surface area contributed by atoms with Gasteiger partial charge in [-0.05, 0) is 90.4 Å². The molecule has 0 radical (unpaired) electrons.